The first-order valence-electron chi connectivity index (χ1n) is 5.97. The van der Waals surface area contributed by atoms with Crippen molar-refractivity contribution in [3.05, 3.63) is 11.1 Å². The summed E-state index contributed by atoms with van der Waals surface area (Å²) in [6.07, 6.45) is 0.468. The fourth-order valence-electron chi connectivity index (χ4n) is 1.56. The molecule has 1 atom stereocenters. The Morgan fingerprint density at radius 3 is 2.11 bits per heavy atom. The smallest absolute Gasteiger partial charge is 0.348 e. The van der Waals surface area contributed by atoms with Gasteiger partial charge in [-0.2, -0.15) is 5.26 Å². The Morgan fingerprint density at radius 1 is 1.17 bits per heavy atom. The molecule has 0 aromatic rings. The van der Waals surface area contributed by atoms with Gasteiger partial charge in [0.05, 0.1) is 19.1 Å². The summed E-state index contributed by atoms with van der Waals surface area (Å²) in [6.45, 7) is 7.20. The highest BCUT2D eigenvalue weighted by molar-refractivity contribution is 5.95. The monoisotopic (exact) mass is 253 g/mol. The molecule has 5 heteroatoms. The van der Waals surface area contributed by atoms with E-state index in [1.54, 1.807) is 33.8 Å². The molecule has 0 unspecified atom stereocenters. The lowest BCUT2D eigenvalue weighted by molar-refractivity contribution is -0.146. The van der Waals surface area contributed by atoms with E-state index in [-0.39, 0.29) is 18.8 Å². The first kappa shape index (κ1) is 16.2. The van der Waals surface area contributed by atoms with Gasteiger partial charge in [0.25, 0.3) is 0 Å². The van der Waals surface area contributed by atoms with Crippen molar-refractivity contribution in [2.45, 2.75) is 34.1 Å². The van der Waals surface area contributed by atoms with Crippen molar-refractivity contribution >= 4 is 11.9 Å². The number of hydrogen-bond donors (Lipinski definition) is 0. The summed E-state index contributed by atoms with van der Waals surface area (Å²) in [4.78, 5) is 23.3. The van der Waals surface area contributed by atoms with Crippen molar-refractivity contribution in [2.24, 2.45) is 5.92 Å². The van der Waals surface area contributed by atoms with Crippen LogP contribution < -0.4 is 0 Å². The predicted octanol–water partition coefficient (Wildman–Crippen LogP) is 1.98. The molecule has 0 saturated carbocycles. The van der Waals surface area contributed by atoms with Crippen LogP contribution in [-0.4, -0.2) is 25.2 Å². The Hall–Kier alpha value is -1.83. The Labute approximate surface area is 107 Å². The number of esters is 2. The molecule has 0 aliphatic carbocycles. The van der Waals surface area contributed by atoms with Crippen LogP contribution in [0.4, 0.5) is 0 Å². The Bertz CT molecular complexity index is 379. The van der Waals surface area contributed by atoms with E-state index in [4.69, 9.17) is 14.7 Å². The third kappa shape index (κ3) is 4.21. The van der Waals surface area contributed by atoms with Crippen LogP contribution in [-0.2, 0) is 19.1 Å². The van der Waals surface area contributed by atoms with Crippen molar-refractivity contribution in [3.8, 4) is 6.07 Å². The van der Waals surface area contributed by atoms with E-state index in [0.29, 0.717) is 12.0 Å². The maximum absolute atomic E-state index is 11.7. The molecule has 18 heavy (non-hydrogen) atoms. The molecule has 0 spiro atoms. The second-order valence-electron chi connectivity index (χ2n) is 3.60. The van der Waals surface area contributed by atoms with Gasteiger partial charge in [-0.15, -0.1) is 0 Å². The van der Waals surface area contributed by atoms with Crippen LogP contribution in [0.3, 0.4) is 0 Å². The second kappa shape index (κ2) is 8.29. The normalized spacial score (nSPS) is 13.1. The molecule has 0 aliphatic heterocycles. The van der Waals surface area contributed by atoms with Crippen molar-refractivity contribution in [1.82, 2.24) is 0 Å². The van der Waals surface area contributed by atoms with Gasteiger partial charge in [0.15, 0.2) is 0 Å². The minimum absolute atomic E-state index is 0.114. The summed E-state index contributed by atoms with van der Waals surface area (Å²) in [6, 6.07) is 1.80. The van der Waals surface area contributed by atoms with Crippen molar-refractivity contribution in [3.63, 3.8) is 0 Å². The summed E-state index contributed by atoms with van der Waals surface area (Å²) in [5.74, 6) is -1.70. The standard InChI is InChI=1S/C13H19NO4/c1-5-10(12(15)17-6-2)9(4)11(8-14)13(16)18-7-3/h10H,5-7H2,1-4H3/b11-9-/t10-/m0/s1. The quantitative estimate of drug-likeness (QED) is 0.411. The number of carbonyl (C=O) groups excluding carboxylic acids is 2. The third-order valence-corrected chi connectivity index (χ3v) is 2.49. The highest BCUT2D eigenvalue weighted by Gasteiger charge is 2.25. The Kier molecular flexibility index (Phi) is 7.45. The Balaban J connectivity index is 5.24. The number of nitrogens with zero attached hydrogens (tertiary/aromatic N) is 1. The van der Waals surface area contributed by atoms with E-state index >= 15 is 0 Å². The van der Waals surface area contributed by atoms with E-state index in [2.05, 4.69) is 0 Å². The van der Waals surface area contributed by atoms with Crippen molar-refractivity contribution in [1.29, 1.82) is 5.26 Å². The number of ether oxygens (including phenoxy) is 2. The van der Waals surface area contributed by atoms with E-state index in [1.807, 2.05) is 0 Å². The molecule has 0 saturated heterocycles. The SMILES string of the molecule is CCOC(=O)/C(C#N)=C(/C)[C@H](CC)C(=O)OCC. The van der Waals surface area contributed by atoms with Crippen LogP contribution in [0.15, 0.2) is 11.1 Å². The first-order chi connectivity index (χ1) is 8.53. The fraction of sp³-hybridized carbons (Fsp3) is 0.615. The fourth-order valence-corrected chi connectivity index (χ4v) is 1.56. The topological polar surface area (TPSA) is 76.4 Å². The van der Waals surface area contributed by atoms with Crippen molar-refractivity contribution in [2.75, 3.05) is 13.2 Å². The maximum Gasteiger partial charge on any atom is 0.348 e. The highest BCUT2D eigenvalue weighted by atomic mass is 16.5. The average Bonchev–Trinajstić information content (AvgIpc) is 2.31. The zero-order valence-electron chi connectivity index (χ0n) is 11.3. The predicted molar refractivity (Wildman–Crippen MR) is 65.4 cm³/mol. The number of nitriles is 1. The van der Waals surface area contributed by atoms with E-state index in [0.717, 1.165) is 0 Å². The molecule has 0 amide bonds. The van der Waals surface area contributed by atoms with E-state index in [9.17, 15) is 9.59 Å². The van der Waals surface area contributed by atoms with Crippen LogP contribution in [0.5, 0.6) is 0 Å². The zero-order valence-corrected chi connectivity index (χ0v) is 11.3. The minimum Gasteiger partial charge on any atom is -0.466 e. The third-order valence-electron chi connectivity index (χ3n) is 2.49. The molecule has 0 aromatic heterocycles. The van der Waals surface area contributed by atoms with Crippen LogP contribution in [0.25, 0.3) is 0 Å². The Morgan fingerprint density at radius 2 is 1.72 bits per heavy atom. The van der Waals surface area contributed by atoms with Gasteiger partial charge >= 0.3 is 11.9 Å². The molecule has 0 N–H and O–H groups in total. The molecule has 100 valence electrons. The van der Waals surface area contributed by atoms with Crippen molar-refractivity contribution < 1.29 is 19.1 Å². The lowest BCUT2D eigenvalue weighted by Crippen LogP contribution is -2.21. The minimum atomic E-state index is -0.694. The molecule has 0 bridgehead atoms. The van der Waals surface area contributed by atoms with Gasteiger partial charge in [0.1, 0.15) is 11.6 Å². The molecule has 0 radical (unpaired) electrons. The van der Waals surface area contributed by atoms with Gasteiger partial charge in [-0.05, 0) is 32.8 Å². The molecule has 0 rings (SSSR count). The van der Waals surface area contributed by atoms with Crippen LogP contribution in [0.2, 0.25) is 0 Å². The molecule has 5 nitrogen and oxygen atoms in total. The van der Waals surface area contributed by atoms with Gasteiger partial charge in [0.2, 0.25) is 0 Å². The van der Waals surface area contributed by atoms with Gasteiger partial charge in [-0.25, -0.2) is 4.79 Å². The van der Waals surface area contributed by atoms with Gasteiger partial charge < -0.3 is 9.47 Å². The van der Waals surface area contributed by atoms with Crippen LogP contribution >= 0.6 is 0 Å². The average molecular weight is 253 g/mol. The number of hydrogen-bond acceptors (Lipinski definition) is 5. The van der Waals surface area contributed by atoms with Gasteiger partial charge in [0, 0.05) is 0 Å². The van der Waals surface area contributed by atoms with E-state index < -0.39 is 17.9 Å². The van der Waals surface area contributed by atoms with E-state index in [1.165, 1.54) is 0 Å². The van der Waals surface area contributed by atoms with Crippen LogP contribution in [0, 0.1) is 17.2 Å². The first-order valence-corrected chi connectivity index (χ1v) is 5.97. The van der Waals surface area contributed by atoms with Gasteiger partial charge in [-0.1, -0.05) is 6.92 Å². The maximum atomic E-state index is 11.7. The molecule has 0 aliphatic rings. The molecule has 0 aromatic carbocycles. The summed E-state index contributed by atoms with van der Waals surface area (Å²) in [5.41, 5.74) is 0.286. The summed E-state index contributed by atoms with van der Waals surface area (Å²) < 4.78 is 9.69. The summed E-state index contributed by atoms with van der Waals surface area (Å²) >= 11 is 0. The molecule has 0 heterocycles. The molecule has 0 fully saturated rings. The summed E-state index contributed by atoms with van der Waals surface area (Å²) in [5, 5.41) is 8.99. The number of carbonyl (C=O) groups is 2. The highest BCUT2D eigenvalue weighted by Crippen LogP contribution is 2.21. The largest absolute Gasteiger partial charge is 0.466 e. The van der Waals surface area contributed by atoms with Crippen LogP contribution in [0.1, 0.15) is 34.1 Å². The zero-order chi connectivity index (χ0) is 14.1. The molecular formula is C13H19NO4. The lowest BCUT2D eigenvalue weighted by atomic mass is 9.93. The second-order valence-corrected chi connectivity index (χ2v) is 3.60. The lowest BCUT2D eigenvalue weighted by Gasteiger charge is -2.15. The molecular weight excluding hydrogens is 234 g/mol. The summed E-state index contributed by atoms with van der Waals surface area (Å²) in [7, 11) is 0. The number of rotatable bonds is 6. The van der Waals surface area contributed by atoms with Gasteiger partial charge in [-0.3, -0.25) is 4.79 Å².